The zero-order valence-corrected chi connectivity index (χ0v) is 20.5. The van der Waals surface area contributed by atoms with Crippen LogP contribution in [0.4, 0.5) is 13.2 Å². The minimum atomic E-state index is -4.28. The van der Waals surface area contributed by atoms with E-state index in [2.05, 4.69) is 18.8 Å². The third kappa shape index (κ3) is 9.28. The molecule has 0 unspecified atom stereocenters. The lowest BCUT2D eigenvalue weighted by Gasteiger charge is -2.14. The molecule has 0 saturated heterocycles. The number of aromatic nitrogens is 2. The molecule has 0 atom stereocenters. The number of nitrogens with zero attached hydrogens (tertiary/aromatic N) is 2. The Morgan fingerprint density at radius 2 is 1.48 bits per heavy atom. The van der Waals surface area contributed by atoms with Crippen molar-refractivity contribution in [3.63, 3.8) is 0 Å². The average Bonchev–Trinajstić information content (AvgIpc) is 3.57. The molecule has 3 nitrogen and oxygen atoms in total. The normalized spacial score (nSPS) is 12.8. The summed E-state index contributed by atoms with van der Waals surface area (Å²) in [5.41, 5.74) is 1.59. The van der Waals surface area contributed by atoms with Crippen molar-refractivity contribution < 1.29 is 13.2 Å². The quantitative estimate of drug-likeness (QED) is 0.491. The molecule has 1 fully saturated rings. The molecule has 3 rings (SSSR count). The second-order valence-corrected chi connectivity index (χ2v) is 7.69. The van der Waals surface area contributed by atoms with Crippen molar-refractivity contribution in [3.05, 3.63) is 63.3 Å². The molecule has 2 aromatic heterocycles. The molecule has 31 heavy (non-hydrogen) atoms. The van der Waals surface area contributed by atoms with E-state index in [1.54, 1.807) is 23.9 Å². The van der Waals surface area contributed by atoms with E-state index >= 15 is 0 Å². The lowest BCUT2D eigenvalue weighted by Crippen LogP contribution is -2.15. The Balaban J connectivity index is 0.000000526. The van der Waals surface area contributed by atoms with Gasteiger partial charge in [0.05, 0.1) is 11.3 Å². The summed E-state index contributed by atoms with van der Waals surface area (Å²) in [4.78, 5) is 15.0. The van der Waals surface area contributed by atoms with Crippen LogP contribution in [0.2, 0.25) is 0 Å². The van der Waals surface area contributed by atoms with Gasteiger partial charge in [-0.05, 0) is 41.9 Å². The van der Waals surface area contributed by atoms with Crippen LogP contribution in [0, 0.1) is 0 Å². The third-order valence-electron chi connectivity index (χ3n) is 4.65. The van der Waals surface area contributed by atoms with Crippen LogP contribution in [-0.2, 0) is 13.2 Å². The van der Waals surface area contributed by atoms with Gasteiger partial charge in [0.1, 0.15) is 0 Å². The maximum absolute atomic E-state index is 12.8. The second kappa shape index (κ2) is 13.3. The van der Waals surface area contributed by atoms with Crippen molar-refractivity contribution in [1.82, 2.24) is 9.55 Å². The van der Waals surface area contributed by atoms with Gasteiger partial charge in [-0.3, -0.25) is 9.78 Å². The molecule has 0 aliphatic heterocycles. The van der Waals surface area contributed by atoms with E-state index in [4.69, 9.17) is 0 Å². The van der Waals surface area contributed by atoms with Gasteiger partial charge in [-0.15, -0.1) is 0 Å². The number of pyridine rings is 2. The monoisotopic (exact) mass is 440 g/mol. The molecule has 2 heterocycles. The van der Waals surface area contributed by atoms with Crippen molar-refractivity contribution in [2.75, 3.05) is 0 Å². The van der Waals surface area contributed by atoms with Gasteiger partial charge in [-0.1, -0.05) is 61.5 Å². The van der Waals surface area contributed by atoms with Crippen LogP contribution in [0.3, 0.4) is 0 Å². The largest absolute Gasteiger partial charge is 0.418 e. The summed E-state index contributed by atoms with van der Waals surface area (Å²) in [6.45, 7) is 16.0. The Bertz CT molecular complexity index is 835. The third-order valence-corrected chi connectivity index (χ3v) is 4.65. The summed E-state index contributed by atoms with van der Waals surface area (Å²) in [7, 11) is 1.77. The standard InChI is InChI=1S/C12H14F3N.C9H13NO.2C2H6/c1-7(2)9-5-10(12(13,14)15)11(16-6-9)8-3-4-8;1-7(2)8-4-5-9(11)10(3)6-8;2*1-2/h5-8H,3-4H2,1-2H3;4-7H,1-3H3;2*1-2H3. The number of hydrogen-bond acceptors (Lipinski definition) is 2. The molecule has 176 valence electrons. The molecular weight excluding hydrogens is 401 g/mol. The van der Waals surface area contributed by atoms with Crippen molar-refractivity contribution in [2.24, 2.45) is 7.05 Å². The molecule has 0 amide bonds. The van der Waals surface area contributed by atoms with E-state index < -0.39 is 11.7 Å². The van der Waals surface area contributed by atoms with Crippen LogP contribution in [-0.4, -0.2) is 9.55 Å². The van der Waals surface area contributed by atoms with E-state index in [9.17, 15) is 18.0 Å². The first-order chi connectivity index (χ1) is 14.5. The van der Waals surface area contributed by atoms with Crippen LogP contribution in [0.5, 0.6) is 0 Å². The van der Waals surface area contributed by atoms with Crippen molar-refractivity contribution in [2.45, 2.75) is 92.2 Å². The average molecular weight is 441 g/mol. The topological polar surface area (TPSA) is 34.9 Å². The van der Waals surface area contributed by atoms with Gasteiger partial charge in [0.15, 0.2) is 0 Å². The van der Waals surface area contributed by atoms with Crippen LogP contribution < -0.4 is 5.56 Å². The predicted molar refractivity (Wildman–Crippen MR) is 124 cm³/mol. The first-order valence-electron chi connectivity index (χ1n) is 11.2. The van der Waals surface area contributed by atoms with Crippen LogP contribution in [0.25, 0.3) is 0 Å². The lowest BCUT2D eigenvalue weighted by atomic mass is 10.0. The molecular formula is C25H39F3N2O. The molecule has 1 saturated carbocycles. The fourth-order valence-corrected chi connectivity index (χ4v) is 2.67. The molecule has 0 radical (unpaired) electrons. The van der Waals surface area contributed by atoms with E-state index in [0.717, 1.165) is 12.8 Å². The maximum atomic E-state index is 12.8. The highest BCUT2D eigenvalue weighted by molar-refractivity contribution is 5.33. The number of halogens is 3. The smallest absolute Gasteiger partial charge is 0.318 e. The first kappa shape index (κ1) is 28.9. The van der Waals surface area contributed by atoms with E-state index in [-0.39, 0.29) is 23.1 Å². The number of hydrogen-bond donors (Lipinski definition) is 0. The van der Waals surface area contributed by atoms with Gasteiger partial charge in [0.2, 0.25) is 5.56 Å². The Morgan fingerprint density at radius 1 is 0.968 bits per heavy atom. The van der Waals surface area contributed by atoms with Crippen LogP contribution in [0.1, 0.15) is 108 Å². The molecule has 2 aromatic rings. The van der Waals surface area contributed by atoms with Crippen molar-refractivity contribution in [1.29, 1.82) is 0 Å². The first-order valence-corrected chi connectivity index (χ1v) is 11.2. The Labute approximate surface area is 185 Å². The van der Waals surface area contributed by atoms with Crippen molar-refractivity contribution in [3.8, 4) is 0 Å². The van der Waals surface area contributed by atoms with E-state index in [1.165, 1.54) is 11.6 Å². The summed E-state index contributed by atoms with van der Waals surface area (Å²) in [5, 5.41) is 0. The maximum Gasteiger partial charge on any atom is 0.418 e. The summed E-state index contributed by atoms with van der Waals surface area (Å²) >= 11 is 0. The fraction of sp³-hybridized carbons (Fsp3) is 0.600. The highest BCUT2D eigenvalue weighted by atomic mass is 19.4. The number of rotatable bonds is 3. The van der Waals surface area contributed by atoms with Gasteiger partial charge in [0.25, 0.3) is 0 Å². The number of alkyl halides is 3. The summed E-state index contributed by atoms with van der Waals surface area (Å²) in [5.74, 6) is 0.585. The molecule has 0 N–H and O–H groups in total. The zero-order chi connectivity index (χ0) is 24.4. The minimum Gasteiger partial charge on any atom is -0.318 e. The highest BCUT2D eigenvalue weighted by Crippen LogP contribution is 2.45. The second-order valence-electron chi connectivity index (χ2n) is 7.69. The summed E-state index contributed by atoms with van der Waals surface area (Å²) < 4.78 is 40.1. The van der Waals surface area contributed by atoms with Gasteiger partial charge in [0, 0.05) is 31.4 Å². The van der Waals surface area contributed by atoms with Crippen molar-refractivity contribution >= 4 is 0 Å². The molecule has 1 aliphatic rings. The van der Waals surface area contributed by atoms with Gasteiger partial charge in [-0.25, -0.2) is 0 Å². The van der Waals surface area contributed by atoms with Gasteiger partial charge in [-0.2, -0.15) is 13.2 Å². The summed E-state index contributed by atoms with van der Waals surface area (Å²) in [6.07, 6.45) is 0.838. The molecule has 6 heteroatoms. The van der Waals surface area contributed by atoms with Crippen LogP contribution >= 0.6 is 0 Å². The van der Waals surface area contributed by atoms with E-state index in [1.807, 2.05) is 53.8 Å². The molecule has 0 aromatic carbocycles. The SMILES string of the molecule is CC.CC.CC(C)c1ccc(=O)n(C)c1.CC(C)c1cnc(C2CC2)c(C(F)(F)F)c1. The number of aryl methyl sites for hydroxylation is 1. The zero-order valence-electron chi connectivity index (χ0n) is 20.5. The van der Waals surface area contributed by atoms with Crippen LogP contribution in [0.15, 0.2) is 35.4 Å². The molecule has 1 aliphatic carbocycles. The van der Waals surface area contributed by atoms with Gasteiger partial charge < -0.3 is 4.57 Å². The Morgan fingerprint density at radius 3 is 1.87 bits per heavy atom. The summed E-state index contributed by atoms with van der Waals surface area (Å²) in [6, 6.07) is 4.74. The molecule has 0 spiro atoms. The van der Waals surface area contributed by atoms with Gasteiger partial charge >= 0.3 is 6.18 Å². The Hall–Kier alpha value is -2.11. The highest BCUT2D eigenvalue weighted by Gasteiger charge is 2.39. The fourth-order valence-electron chi connectivity index (χ4n) is 2.67. The molecule has 0 bridgehead atoms. The minimum absolute atomic E-state index is 0.0258. The van der Waals surface area contributed by atoms with E-state index in [0.29, 0.717) is 11.5 Å². The Kier molecular flexibility index (Phi) is 12.4. The predicted octanol–water partition coefficient (Wildman–Crippen LogP) is 7.66. The lowest BCUT2D eigenvalue weighted by molar-refractivity contribution is -0.138.